The summed E-state index contributed by atoms with van der Waals surface area (Å²) in [6.07, 6.45) is 5.37. The van der Waals surface area contributed by atoms with Crippen LogP contribution in [0.4, 0.5) is 0 Å². The Kier molecular flexibility index (Phi) is 3.27. The number of nitrogens with one attached hydrogen (secondary N) is 1. The average molecular weight is 188 g/mol. The standard InChI is InChI=1S/C12H16N2/c1-5-12(3,4)13-9-11-8-6-7-10(2)14-11/h1,6-8,13H,9H2,2-4H3. The second-order valence-corrected chi connectivity index (χ2v) is 3.89. The Labute approximate surface area is 85.8 Å². The Morgan fingerprint density at radius 2 is 2.21 bits per heavy atom. The second kappa shape index (κ2) is 4.26. The molecule has 0 saturated heterocycles. The zero-order valence-corrected chi connectivity index (χ0v) is 8.96. The van der Waals surface area contributed by atoms with Gasteiger partial charge in [-0.3, -0.25) is 10.3 Å². The molecule has 1 rings (SSSR count). The lowest BCUT2D eigenvalue weighted by molar-refractivity contribution is 0.486. The minimum atomic E-state index is -0.272. The molecule has 0 fully saturated rings. The topological polar surface area (TPSA) is 24.9 Å². The summed E-state index contributed by atoms with van der Waals surface area (Å²) >= 11 is 0. The Bertz CT molecular complexity index is 348. The van der Waals surface area contributed by atoms with Gasteiger partial charge in [-0.1, -0.05) is 12.0 Å². The maximum atomic E-state index is 5.37. The average Bonchev–Trinajstić information content (AvgIpc) is 2.15. The van der Waals surface area contributed by atoms with E-state index in [0.717, 1.165) is 11.4 Å². The maximum absolute atomic E-state index is 5.37. The Morgan fingerprint density at radius 3 is 2.79 bits per heavy atom. The largest absolute Gasteiger partial charge is 0.296 e. The van der Waals surface area contributed by atoms with Crippen molar-refractivity contribution in [2.45, 2.75) is 32.9 Å². The molecule has 0 aromatic carbocycles. The second-order valence-electron chi connectivity index (χ2n) is 3.89. The van der Waals surface area contributed by atoms with Gasteiger partial charge in [0.25, 0.3) is 0 Å². The molecule has 74 valence electrons. The lowest BCUT2D eigenvalue weighted by Gasteiger charge is -2.19. The number of rotatable bonds is 3. The molecule has 0 amide bonds. The highest BCUT2D eigenvalue weighted by Gasteiger charge is 2.12. The van der Waals surface area contributed by atoms with Gasteiger partial charge in [-0.2, -0.15) is 0 Å². The minimum absolute atomic E-state index is 0.272. The van der Waals surface area contributed by atoms with E-state index in [1.54, 1.807) is 0 Å². The third kappa shape index (κ3) is 3.20. The van der Waals surface area contributed by atoms with E-state index >= 15 is 0 Å². The SMILES string of the molecule is C#CC(C)(C)NCc1cccc(C)n1. The minimum Gasteiger partial charge on any atom is -0.296 e. The van der Waals surface area contributed by atoms with E-state index in [2.05, 4.69) is 16.2 Å². The highest BCUT2D eigenvalue weighted by atomic mass is 15.0. The van der Waals surface area contributed by atoms with Crippen molar-refractivity contribution < 1.29 is 0 Å². The van der Waals surface area contributed by atoms with Crippen LogP contribution in [0, 0.1) is 19.3 Å². The van der Waals surface area contributed by atoms with Crippen molar-refractivity contribution in [3.05, 3.63) is 29.6 Å². The lowest BCUT2D eigenvalue weighted by Crippen LogP contribution is -2.37. The predicted molar refractivity (Wildman–Crippen MR) is 58.7 cm³/mol. The van der Waals surface area contributed by atoms with Crippen LogP contribution in [0.15, 0.2) is 18.2 Å². The van der Waals surface area contributed by atoms with Crippen molar-refractivity contribution >= 4 is 0 Å². The summed E-state index contributed by atoms with van der Waals surface area (Å²) in [7, 11) is 0. The van der Waals surface area contributed by atoms with E-state index in [-0.39, 0.29) is 5.54 Å². The first-order chi connectivity index (χ1) is 6.53. The number of nitrogens with zero attached hydrogens (tertiary/aromatic N) is 1. The summed E-state index contributed by atoms with van der Waals surface area (Å²) in [5, 5.41) is 3.25. The summed E-state index contributed by atoms with van der Waals surface area (Å²) in [5.74, 6) is 2.69. The molecule has 0 aliphatic heterocycles. The van der Waals surface area contributed by atoms with Gasteiger partial charge in [0.05, 0.1) is 11.2 Å². The van der Waals surface area contributed by atoms with Crippen LogP contribution in [0.25, 0.3) is 0 Å². The van der Waals surface area contributed by atoms with Crippen LogP contribution in [0.1, 0.15) is 25.2 Å². The molecule has 0 bridgehead atoms. The number of aryl methyl sites for hydroxylation is 1. The van der Waals surface area contributed by atoms with E-state index in [1.807, 2.05) is 39.0 Å². The Balaban J connectivity index is 2.59. The molecule has 14 heavy (non-hydrogen) atoms. The summed E-state index contributed by atoms with van der Waals surface area (Å²) in [6.45, 7) is 6.64. The molecule has 0 aliphatic carbocycles. The molecule has 2 heteroatoms. The molecule has 1 N–H and O–H groups in total. The van der Waals surface area contributed by atoms with Gasteiger partial charge in [-0.25, -0.2) is 0 Å². The quantitative estimate of drug-likeness (QED) is 0.733. The van der Waals surface area contributed by atoms with Gasteiger partial charge in [0.1, 0.15) is 0 Å². The zero-order valence-electron chi connectivity index (χ0n) is 8.96. The van der Waals surface area contributed by atoms with Crippen LogP contribution in [0.5, 0.6) is 0 Å². The van der Waals surface area contributed by atoms with Gasteiger partial charge < -0.3 is 0 Å². The molecule has 0 radical (unpaired) electrons. The van der Waals surface area contributed by atoms with Crippen LogP contribution in [-0.2, 0) is 6.54 Å². The molecule has 0 spiro atoms. The van der Waals surface area contributed by atoms with Gasteiger partial charge in [0.15, 0.2) is 0 Å². The van der Waals surface area contributed by atoms with Gasteiger partial charge >= 0.3 is 0 Å². The summed E-state index contributed by atoms with van der Waals surface area (Å²) < 4.78 is 0. The van der Waals surface area contributed by atoms with Crippen molar-refractivity contribution in [1.29, 1.82) is 0 Å². The number of aromatic nitrogens is 1. The fourth-order valence-electron chi connectivity index (χ4n) is 1.06. The van der Waals surface area contributed by atoms with E-state index in [0.29, 0.717) is 6.54 Å². The molecule has 1 aromatic heterocycles. The molecule has 0 unspecified atom stereocenters. The summed E-state index contributed by atoms with van der Waals surface area (Å²) in [4.78, 5) is 4.38. The first-order valence-electron chi connectivity index (χ1n) is 4.69. The molecule has 2 nitrogen and oxygen atoms in total. The van der Waals surface area contributed by atoms with Crippen molar-refractivity contribution in [3.63, 3.8) is 0 Å². The molecule has 0 atom stereocenters. The van der Waals surface area contributed by atoms with Gasteiger partial charge in [0.2, 0.25) is 0 Å². The molecule has 1 heterocycles. The number of hydrogen-bond donors (Lipinski definition) is 1. The van der Waals surface area contributed by atoms with Gasteiger partial charge in [-0.05, 0) is 32.9 Å². The van der Waals surface area contributed by atoms with Gasteiger partial charge in [-0.15, -0.1) is 6.42 Å². The summed E-state index contributed by atoms with van der Waals surface area (Å²) in [5.41, 5.74) is 1.78. The van der Waals surface area contributed by atoms with E-state index in [1.165, 1.54) is 0 Å². The van der Waals surface area contributed by atoms with Crippen LogP contribution < -0.4 is 5.32 Å². The predicted octanol–water partition coefficient (Wildman–Crippen LogP) is 1.89. The van der Waals surface area contributed by atoms with E-state index < -0.39 is 0 Å². The fourth-order valence-corrected chi connectivity index (χ4v) is 1.06. The third-order valence-corrected chi connectivity index (χ3v) is 2.02. The van der Waals surface area contributed by atoms with Crippen molar-refractivity contribution in [2.24, 2.45) is 0 Å². The van der Waals surface area contributed by atoms with Crippen molar-refractivity contribution in [1.82, 2.24) is 10.3 Å². The molecule has 1 aromatic rings. The number of hydrogen-bond acceptors (Lipinski definition) is 2. The molecular formula is C12H16N2. The normalized spacial score (nSPS) is 11.0. The van der Waals surface area contributed by atoms with Crippen LogP contribution in [0.2, 0.25) is 0 Å². The fraction of sp³-hybridized carbons (Fsp3) is 0.417. The summed E-state index contributed by atoms with van der Waals surface area (Å²) in [6, 6.07) is 5.98. The van der Waals surface area contributed by atoms with Crippen LogP contribution in [-0.4, -0.2) is 10.5 Å². The van der Waals surface area contributed by atoms with Crippen LogP contribution in [0.3, 0.4) is 0 Å². The molecule has 0 aliphatic rings. The van der Waals surface area contributed by atoms with Crippen LogP contribution >= 0.6 is 0 Å². The lowest BCUT2D eigenvalue weighted by atomic mass is 10.1. The first-order valence-corrected chi connectivity index (χ1v) is 4.69. The highest BCUT2D eigenvalue weighted by molar-refractivity contribution is 5.12. The zero-order chi connectivity index (χ0) is 10.6. The smallest absolute Gasteiger partial charge is 0.0744 e. The number of pyridine rings is 1. The highest BCUT2D eigenvalue weighted by Crippen LogP contribution is 2.03. The Morgan fingerprint density at radius 1 is 1.50 bits per heavy atom. The van der Waals surface area contributed by atoms with Crippen molar-refractivity contribution in [3.8, 4) is 12.3 Å². The number of terminal acetylenes is 1. The molecule has 0 saturated carbocycles. The van der Waals surface area contributed by atoms with Gasteiger partial charge in [0, 0.05) is 12.2 Å². The maximum Gasteiger partial charge on any atom is 0.0744 e. The van der Waals surface area contributed by atoms with Crippen molar-refractivity contribution in [2.75, 3.05) is 0 Å². The first kappa shape index (κ1) is 10.7. The van der Waals surface area contributed by atoms with E-state index in [4.69, 9.17) is 6.42 Å². The monoisotopic (exact) mass is 188 g/mol. The third-order valence-electron chi connectivity index (χ3n) is 2.02. The van der Waals surface area contributed by atoms with E-state index in [9.17, 15) is 0 Å². The molecular weight excluding hydrogens is 172 g/mol. The Hall–Kier alpha value is -1.33.